The number of H-pyrrole nitrogens is 1. The van der Waals surface area contributed by atoms with E-state index in [4.69, 9.17) is 5.26 Å². The highest BCUT2D eigenvalue weighted by molar-refractivity contribution is 7.72. The minimum atomic E-state index is -3.10. The molecule has 1 fully saturated rings. The van der Waals surface area contributed by atoms with Crippen LogP contribution in [0.1, 0.15) is 17.8 Å². The van der Waals surface area contributed by atoms with Crippen molar-refractivity contribution in [1.82, 2.24) is 9.55 Å². The molecular formula is C15H14N3O4P. The molecule has 2 aromatic rings. The molecule has 8 heteroatoms. The molecule has 1 aliphatic heterocycles. The van der Waals surface area contributed by atoms with Gasteiger partial charge in [-0.15, -0.1) is 0 Å². The largest absolute Gasteiger partial charge is 0.390 e. The number of rotatable bonds is 2. The van der Waals surface area contributed by atoms with Crippen LogP contribution in [-0.4, -0.2) is 26.9 Å². The number of benzene rings is 1. The van der Waals surface area contributed by atoms with Crippen LogP contribution in [0.4, 0.5) is 0 Å². The molecule has 118 valence electrons. The summed E-state index contributed by atoms with van der Waals surface area (Å²) in [4.78, 5) is 25.7. The van der Waals surface area contributed by atoms with Crippen LogP contribution < -0.4 is 16.6 Å². The summed E-state index contributed by atoms with van der Waals surface area (Å²) in [5.41, 5.74) is -1.84. The van der Waals surface area contributed by atoms with Crippen molar-refractivity contribution in [3.8, 4) is 6.07 Å². The second-order valence-corrected chi connectivity index (χ2v) is 8.53. The average Bonchev–Trinajstić information content (AvgIpc) is 2.85. The minimum absolute atomic E-state index is 0.260. The zero-order valence-corrected chi connectivity index (χ0v) is 12.9. The summed E-state index contributed by atoms with van der Waals surface area (Å²) in [5, 5.41) is 19.8. The van der Waals surface area contributed by atoms with Crippen LogP contribution >= 0.6 is 7.14 Å². The molecule has 0 bridgehead atoms. The summed E-state index contributed by atoms with van der Waals surface area (Å²) in [6, 6.07) is 10.4. The maximum absolute atomic E-state index is 13.5. The van der Waals surface area contributed by atoms with Gasteiger partial charge in [-0.05, 0) is 6.42 Å². The predicted octanol–water partition coefficient (Wildman–Crippen LogP) is 0.360. The smallest absolute Gasteiger partial charge is 0.329 e. The van der Waals surface area contributed by atoms with Crippen molar-refractivity contribution in [2.24, 2.45) is 0 Å². The van der Waals surface area contributed by atoms with E-state index in [0.717, 1.165) is 10.8 Å². The second kappa shape index (κ2) is 5.65. The number of nitriles is 1. The van der Waals surface area contributed by atoms with E-state index >= 15 is 0 Å². The number of nitrogens with zero attached hydrogens (tertiary/aromatic N) is 2. The quantitative estimate of drug-likeness (QED) is 0.771. The molecule has 0 saturated carbocycles. The van der Waals surface area contributed by atoms with E-state index in [1.54, 1.807) is 36.4 Å². The SMILES string of the molecule is N#Cc1cn([C@H]2[C@H](O)CCP2(=O)c2ccccc2)c(=O)[nH]c1=O. The van der Waals surface area contributed by atoms with Crippen LogP contribution in [0.3, 0.4) is 0 Å². The van der Waals surface area contributed by atoms with Gasteiger partial charge in [-0.1, -0.05) is 30.3 Å². The van der Waals surface area contributed by atoms with Crippen LogP contribution in [-0.2, 0) is 4.57 Å². The van der Waals surface area contributed by atoms with Gasteiger partial charge in [0.1, 0.15) is 24.6 Å². The highest BCUT2D eigenvalue weighted by atomic mass is 31.2. The van der Waals surface area contributed by atoms with Gasteiger partial charge in [-0.25, -0.2) is 4.79 Å². The molecule has 3 atom stereocenters. The molecule has 1 saturated heterocycles. The zero-order chi connectivity index (χ0) is 16.6. The van der Waals surface area contributed by atoms with Gasteiger partial charge in [0.05, 0.1) is 6.10 Å². The Kier molecular flexibility index (Phi) is 3.80. The van der Waals surface area contributed by atoms with Crippen LogP contribution in [0.5, 0.6) is 0 Å². The van der Waals surface area contributed by atoms with E-state index in [2.05, 4.69) is 0 Å². The highest BCUT2D eigenvalue weighted by Gasteiger charge is 2.47. The third-order valence-electron chi connectivity index (χ3n) is 4.10. The van der Waals surface area contributed by atoms with Gasteiger partial charge < -0.3 is 9.67 Å². The Hall–Kier alpha value is -2.42. The van der Waals surface area contributed by atoms with E-state index in [1.807, 2.05) is 4.98 Å². The van der Waals surface area contributed by atoms with Crippen LogP contribution in [0, 0.1) is 11.3 Å². The number of hydrogen-bond donors (Lipinski definition) is 2. The molecule has 3 rings (SSSR count). The Balaban J connectivity index is 2.22. The van der Waals surface area contributed by atoms with Crippen molar-refractivity contribution in [3.63, 3.8) is 0 Å². The topological polar surface area (TPSA) is 116 Å². The summed E-state index contributed by atoms with van der Waals surface area (Å²) >= 11 is 0. The van der Waals surface area contributed by atoms with Crippen molar-refractivity contribution in [1.29, 1.82) is 5.26 Å². The molecule has 1 aliphatic rings. The third kappa shape index (κ3) is 2.46. The number of nitrogens with one attached hydrogen (secondary N) is 1. The lowest BCUT2D eigenvalue weighted by molar-refractivity contribution is 0.151. The van der Waals surface area contributed by atoms with Gasteiger partial charge in [0.25, 0.3) is 5.56 Å². The fourth-order valence-corrected chi connectivity index (χ4v) is 6.42. The minimum Gasteiger partial charge on any atom is -0.390 e. The molecule has 0 aliphatic carbocycles. The molecule has 1 aromatic carbocycles. The van der Waals surface area contributed by atoms with E-state index in [9.17, 15) is 19.3 Å². The lowest BCUT2D eigenvalue weighted by atomic mass is 10.3. The van der Waals surface area contributed by atoms with E-state index < -0.39 is 30.3 Å². The Bertz CT molecular complexity index is 942. The van der Waals surface area contributed by atoms with E-state index in [0.29, 0.717) is 5.30 Å². The molecule has 0 spiro atoms. The van der Waals surface area contributed by atoms with Crippen LogP contribution in [0.25, 0.3) is 0 Å². The Morgan fingerprint density at radius 3 is 2.65 bits per heavy atom. The summed E-state index contributed by atoms with van der Waals surface area (Å²) < 4.78 is 14.5. The first kappa shape index (κ1) is 15.5. The molecule has 0 radical (unpaired) electrons. The Morgan fingerprint density at radius 1 is 1.30 bits per heavy atom. The first-order valence-corrected chi connectivity index (χ1v) is 9.01. The fourth-order valence-electron chi connectivity index (χ4n) is 2.99. The van der Waals surface area contributed by atoms with Gasteiger partial charge in [-0.2, -0.15) is 5.26 Å². The molecule has 23 heavy (non-hydrogen) atoms. The lowest BCUT2D eigenvalue weighted by Crippen LogP contribution is -2.36. The first-order chi connectivity index (χ1) is 11.0. The normalized spacial score (nSPS) is 26.8. The number of hydrogen-bond acceptors (Lipinski definition) is 5. The fraction of sp³-hybridized carbons (Fsp3) is 0.267. The van der Waals surface area contributed by atoms with Crippen LogP contribution in [0.15, 0.2) is 46.1 Å². The summed E-state index contributed by atoms with van der Waals surface area (Å²) in [7, 11) is -3.10. The van der Waals surface area contributed by atoms with Gasteiger partial charge in [-0.3, -0.25) is 14.3 Å². The van der Waals surface area contributed by atoms with Gasteiger partial charge in [0.15, 0.2) is 0 Å². The molecule has 7 nitrogen and oxygen atoms in total. The highest BCUT2D eigenvalue weighted by Crippen LogP contribution is 2.62. The van der Waals surface area contributed by atoms with E-state index in [-0.39, 0.29) is 18.1 Å². The van der Waals surface area contributed by atoms with Gasteiger partial charge in [0.2, 0.25) is 0 Å². The number of aliphatic hydroxyl groups is 1. The monoisotopic (exact) mass is 331 g/mol. The second-order valence-electron chi connectivity index (χ2n) is 5.45. The van der Waals surface area contributed by atoms with Crippen molar-refractivity contribution in [2.45, 2.75) is 18.3 Å². The Morgan fingerprint density at radius 2 is 2.00 bits per heavy atom. The van der Waals surface area contributed by atoms with Crippen molar-refractivity contribution in [2.75, 3.05) is 6.16 Å². The number of aliphatic hydroxyl groups excluding tert-OH is 1. The average molecular weight is 331 g/mol. The maximum Gasteiger partial charge on any atom is 0.329 e. The maximum atomic E-state index is 13.5. The summed E-state index contributed by atoms with van der Waals surface area (Å²) in [6.07, 6.45) is 0.632. The zero-order valence-electron chi connectivity index (χ0n) is 12.0. The first-order valence-electron chi connectivity index (χ1n) is 7.05. The molecule has 1 aromatic heterocycles. The van der Waals surface area contributed by atoms with E-state index in [1.165, 1.54) is 0 Å². The molecule has 0 amide bonds. The number of aromatic nitrogens is 2. The summed E-state index contributed by atoms with van der Waals surface area (Å²) in [6.45, 7) is 0. The van der Waals surface area contributed by atoms with Crippen LogP contribution in [0.2, 0.25) is 0 Å². The molecule has 1 unspecified atom stereocenters. The lowest BCUT2D eigenvalue weighted by Gasteiger charge is -2.25. The predicted molar refractivity (Wildman–Crippen MR) is 84.2 cm³/mol. The van der Waals surface area contributed by atoms with Crippen molar-refractivity contribution >= 4 is 12.4 Å². The standard InChI is InChI=1S/C15H14N3O4P/c16-8-10-9-18(15(21)17-13(10)20)14-12(19)6-7-23(14,22)11-4-2-1-3-5-11/h1-5,9,12,14,19H,6-7H2,(H,17,20,21)/t12-,14-,23?/m1/s1. The number of aromatic amines is 1. The summed E-state index contributed by atoms with van der Waals surface area (Å²) in [5.74, 6) is -0.985. The molecule has 2 N–H and O–H groups in total. The van der Waals surface area contributed by atoms with Crippen molar-refractivity contribution < 1.29 is 9.67 Å². The molecular weight excluding hydrogens is 317 g/mol. The van der Waals surface area contributed by atoms with Gasteiger partial charge in [0, 0.05) is 17.7 Å². The third-order valence-corrected chi connectivity index (χ3v) is 7.64. The molecule has 2 heterocycles. The Labute approximate surface area is 131 Å². The van der Waals surface area contributed by atoms with Gasteiger partial charge >= 0.3 is 5.69 Å². The van der Waals surface area contributed by atoms with Crippen molar-refractivity contribution in [3.05, 3.63) is 62.9 Å².